The molecular formula is C16H25N3O2. The second-order valence-corrected chi connectivity index (χ2v) is 5.49. The van der Waals surface area contributed by atoms with Crippen LogP contribution in [0.2, 0.25) is 0 Å². The zero-order chi connectivity index (χ0) is 15.7. The van der Waals surface area contributed by atoms with Gasteiger partial charge in [-0.1, -0.05) is 19.9 Å². The number of unbranched alkanes of at least 4 members (excludes halogenated alkanes) is 1. The molecule has 1 aromatic heterocycles. The number of nitrogens with zero attached hydrogens (tertiary/aromatic N) is 1. The van der Waals surface area contributed by atoms with Crippen molar-refractivity contribution in [3.8, 4) is 0 Å². The summed E-state index contributed by atoms with van der Waals surface area (Å²) in [5.41, 5.74) is 1.07. The molecule has 0 bridgehead atoms. The molecule has 2 amide bonds. The van der Waals surface area contributed by atoms with Crippen molar-refractivity contribution in [1.29, 1.82) is 0 Å². The first-order valence-corrected chi connectivity index (χ1v) is 7.45. The van der Waals surface area contributed by atoms with E-state index in [0.29, 0.717) is 6.54 Å². The van der Waals surface area contributed by atoms with E-state index in [0.717, 1.165) is 25.0 Å². The third kappa shape index (κ3) is 6.88. The van der Waals surface area contributed by atoms with Gasteiger partial charge >= 0.3 is 0 Å². The van der Waals surface area contributed by atoms with Crippen molar-refractivity contribution < 1.29 is 9.59 Å². The average Bonchev–Trinajstić information content (AvgIpc) is 2.44. The van der Waals surface area contributed by atoms with Crippen LogP contribution in [0.15, 0.2) is 24.4 Å². The van der Waals surface area contributed by atoms with Crippen LogP contribution in [-0.2, 0) is 16.0 Å². The largest absolute Gasteiger partial charge is 0.354 e. The molecule has 1 unspecified atom stereocenters. The highest BCUT2D eigenvalue weighted by Crippen LogP contribution is 2.03. The maximum absolute atomic E-state index is 12.0. The molecule has 0 aliphatic rings. The van der Waals surface area contributed by atoms with Crippen LogP contribution < -0.4 is 10.6 Å². The molecule has 0 aromatic carbocycles. The number of rotatable bonds is 8. The third-order valence-electron chi connectivity index (χ3n) is 3.19. The van der Waals surface area contributed by atoms with Gasteiger partial charge in [-0.2, -0.15) is 0 Å². The Morgan fingerprint density at radius 2 is 2.00 bits per heavy atom. The van der Waals surface area contributed by atoms with Gasteiger partial charge in [-0.25, -0.2) is 0 Å². The molecule has 0 aliphatic heterocycles. The van der Waals surface area contributed by atoms with Gasteiger partial charge in [0.25, 0.3) is 0 Å². The predicted octanol–water partition coefficient (Wildman–Crippen LogP) is 1.68. The van der Waals surface area contributed by atoms with E-state index < -0.39 is 6.04 Å². The Kier molecular flexibility index (Phi) is 7.43. The smallest absolute Gasteiger partial charge is 0.242 e. The Morgan fingerprint density at radius 1 is 1.24 bits per heavy atom. The number of carbonyl (C=O) groups excluding carboxylic acids is 2. The van der Waals surface area contributed by atoms with Crippen molar-refractivity contribution in [2.45, 2.75) is 46.1 Å². The first-order valence-electron chi connectivity index (χ1n) is 7.45. The molecule has 0 aliphatic carbocycles. The van der Waals surface area contributed by atoms with Crippen LogP contribution in [0.1, 0.15) is 39.3 Å². The monoisotopic (exact) mass is 291 g/mol. The highest BCUT2D eigenvalue weighted by Gasteiger charge is 2.22. The molecule has 116 valence electrons. The standard InChI is InChI=1S/C16H25N3O2/c1-12(2)15(19-13(3)20)16(21)18-11-7-5-9-14-8-4-6-10-17-14/h4,6,8,10,12,15H,5,7,9,11H2,1-3H3,(H,18,21)(H,19,20). The molecule has 21 heavy (non-hydrogen) atoms. The Hall–Kier alpha value is -1.91. The highest BCUT2D eigenvalue weighted by atomic mass is 16.2. The van der Waals surface area contributed by atoms with Gasteiger partial charge in [0.2, 0.25) is 11.8 Å². The summed E-state index contributed by atoms with van der Waals surface area (Å²) < 4.78 is 0. The van der Waals surface area contributed by atoms with Gasteiger partial charge in [-0.05, 0) is 37.3 Å². The minimum Gasteiger partial charge on any atom is -0.354 e. The minimum atomic E-state index is -0.460. The predicted molar refractivity (Wildman–Crippen MR) is 82.6 cm³/mol. The summed E-state index contributed by atoms with van der Waals surface area (Å²) in [5, 5.41) is 5.57. The van der Waals surface area contributed by atoms with Crippen molar-refractivity contribution in [2.24, 2.45) is 5.92 Å². The van der Waals surface area contributed by atoms with Gasteiger partial charge in [0.15, 0.2) is 0 Å². The van der Waals surface area contributed by atoms with E-state index in [4.69, 9.17) is 0 Å². The number of carbonyl (C=O) groups is 2. The second-order valence-electron chi connectivity index (χ2n) is 5.49. The lowest BCUT2D eigenvalue weighted by Gasteiger charge is -2.20. The van der Waals surface area contributed by atoms with E-state index in [-0.39, 0.29) is 17.7 Å². The van der Waals surface area contributed by atoms with E-state index in [1.165, 1.54) is 6.92 Å². The fourth-order valence-corrected chi connectivity index (χ4v) is 2.05. The molecule has 0 fully saturated rings. The fourth-order valence-electron chi connectivity index (χ4n) is 2.05. The van der Waals surface area contributed by atoms with Crippen LogP contribution in [-0.4, -0.2) is 29.4 Å². The van der Waals surface area contributed by atoms with Crippen LogP contribution in [0.5, 0.6) is 0 Å². The minimum absolute atomic E-state index is 0.0717. The molecule has 0 spiro atoms. The molecule has 1 heterocycles. The fraction of sp³-hybridized carbons (Fsp3) is 0.562. The quantitative estimate of drug-likeness (QED) is 0.716. The summed E-state index contributed by atoms with van der Waals surface area (Å²) in [7, 11) is 0. The summed E-state index contributed by atoms with van der Waals surface area (Å²) in [6, 6.07) is 5.42. The second kappa shape index (κ2) is 9.10. The molecule has 5 heteroatoms. The maximum Gasteiger partial charge on any atom is 0.242 e. The SMILES string of the molecule is CC(=O)NC(C(=O)NCCCCc1ccccn1)C(C)C. The zero-order valence-electron chi connectivity index (χ0n) is 13.1. The number of nitrogens with one attached hydrogen (secondary N) is 2. The molecule has 2 N–H and O–H groups in total. The van der Waals surface area contributed by atoms with Crippen molar-refractivity contribution in [3.05, 3.63) is 30.1 Å². The molecule has 0 saturated carbocycles. The molecule has 0 saturated heterocycles. The van der Waals surface area contributed by atoms with Crippen LogP contribution in [0.25, 0.3) is 0 Å². The van der Waals surface area contributed by atoms with Gasteiger partial charge in [0.1, 0.15) is 6.04 Å². The van der Waals surface area contributed by atoms with Gasteiger partial charge in [-0.3, -0.25) is 14.6 Å². The molecule has 1 aromatic rings. The topological polar surface area (TPSA) is 71.1 Å². The summed E-state index contributed by atoms with van der Waals surface area (Å²) in [6.45, 7) is 5.88. The summed E-state index contributed by atoms with van der Waals surface area (Å²) >= 11 is 0. The number of hydrogen-bond donors (Lipinski definition) is 2. The van der Waals surface area contributed by atoms with E-state index in [1.54, 1.807) is 6.20 Å². The van der Waals surface area contributed by atoms with Crippen LogP contribution in [0, 0.1) is 5.92 Å². The number of pyridine rings is 1. The number of aryl methyl sites for hydroxylation is 1. The van der Waals surface area contributed by atoms with Gasteiger partial charge in [0, 0.05) is 25.4 Å². The molecule has 1 rings (SSSR count). The van der Waals surface area contributed by atoms with Gasteiger partial charge in [-0.15, -0.1) is 0 Å². The van der Waals surface area contributed by atoms with Crippen LogP contribution in [0.3, 0.4) is 0 Å². The third-order valence-corrected chi connectivity index (χ3v) is 3.19. The van der Waals surface area contributed by atoms with Crippen molar-refractivity contribution in [1.82, 2.24) is 15.6 Å². The summed E-state index contributed by atoms with van der Waals surface area (Å²) in [5.74, 6) is -0.223. The summed E-state index contributed by atoms with van der Waals surface area (Å²) in [6.07, 6.45) is 4.57. The Morgan fingerprint density at radius 3 is 2.57 bits per heavy atom. The molecule has 5 nitrogen and oxygen atoms in total. The van der Waals surface area contributed by atoms with Gasteiger partial charge < -0.3 is 10.6 Å². The van der Waals surface area contributed by atoms with Crippen molar-refractivity contribution in [3.63, 3.8) is 0 Å². The lowest BCUT2D eigenvalue weighted by molar-refractivity contribution is -0.129. The Balaban J connectivity index is 2.24. The van der Waals surface area contributed by atoms with E-state index >= 15 is 0 Å². The highest BCUT2D eigenvalue weighted by molar-refractivity contribution is 5.86. The normalized spacial score (nSPS) is 12.0. The van der Waals surface area contributed by atoms with E-state index in [1.807, 2.05) is 32.0 Å². The Labute approximate surface area is 126 Å². The van der Waals surface area contributed by atoms with Crippen molar-refractivity contribution >= 4 is 11.8 Å². The number of amides is 2. The lowest BCUT2D eigenvalue weighted by atomic mass is 10.0. The van der Waals surface area contributed by atoms with Crippen molar-refractivity contribution in [2.75, 3.05) is 6.54 Å². The lowest BCUT2D eigenvalue weighted by Crippen LogP contribution is -2.49. The van der Waals surface area contributed by atoms with Crippen LogP contribution in [0.4, 0.5) is 0 Å². The van der Waals surface area contributed by atoms with E-state index in [2.05, 4.69) is 15.6 Å². The van der Waals surface area contributed by atoms with Crippen LogP contribution >= 0.6 is 0 Å². The van der Waals surface area contributed by atoms with E-state index in [9.17, 15) is 9.59 Å². The average molecular weight is 291 g/mol. The molecule has 1 atom stereocenters. The first-order chi connectivity index (χ1) is 10.0. The van der Waals surface area contributed by atoms with Gasteiger partial charge in [0.05, 0.1) is 0 Å². The Bertz CT molecular complexity index is 446. The summed E-state index contributed by atoms with van der Waals surface area (Å²) in [4.78, 5) is 27.4. The first kappa shape index (κ1) is 17.1. The zero-order valence-corrected chi connectivity index (χ0v) is 13.1. The number of hydrogen-bond acceptors (Lipinski definition) is 3. The maximum atomic E-state index is 12.0. The molecule has 0 radical (unpaired) electrons. The number of aromatic nitrogens is 1. The molecular weight excluding hydrogens is 266 g/mol.